The fourth-order valence-corrected chi connectivity index (χ4v) is 4.15. The zero-order valence-corrected chi connectivity index (χ0v) is 16.6. The van der Waals surface area contributed by atoms with Crippen LogP contribution in [0.1, 0.15) is 24.4 Å². The molecule has 3 nitrogen and oxygen atoms in total. The number of quaternary nitrogens is 1. The Morgan fingerprint density at radius 2 is 1.70 bits per heavy atom. The minimum Gasteiger partial charge on any atom is -0.356 e. The van der Waals surface area contributed by atoms with E-state index >= 15 is 0 Å². The summed E-state index contributed by atoms with van der Waals surface area (Å²) < 4.78 is 24.8. The molecule has 1 aliphatic heterocycles. The number of rotatable bonds is 7. The number of alkyl halides is 2. The average Bonchev–Trinajstić information content (AvgIpc) is 3.18. The number of hydrogen-bond donors (Lipinski definition) is 3. The van der Waals surface area contributed by atoms with Crippen molar-refractivity contribution < 1.29 is 13.7 Å². The predicted molar refractivity (Wildman–Crippen MR) is 112 cm³/mol. The van der Waals surface area contributed by atoms with E-state index in [4.69, 9.17) is 12.2 Å². The van der Waals surface area contributed by atoms with E-state index in [2.05, 4.69) is 34.9 Å². The first-order valence-electron chi connectivity index (χ1n) is 9.11. The van der Waals surface area contributed by atoms with Gasteiger partial charge < -0.3 is 15.5 Å². The summed E-state index contributed by atoms with van der Waals surface area (Å²) >= 11 is 5.96. The van der Waals surface area contributed by atoms with Crippen LogP contribution in [-0.4, -0.2) is 30.5 Å². The lowest BCUT2D eigenvalue weighted by Crippen LogP contribution is -3.11. The van der Waals surface area contributed by atoms with Gasteiger partial charge in [0.1, 0.15) is 6.04 Å². The molecule has 0 saturated carbocycles. The molecule has 0 spiro atoms. The maximum atomic E-state index is 12.4. The fourth-order valence-electron chi connectivity index (χ4n) is 3.45. The zero-order chi connectivity index (χ0) is 19.1. The Balaban J connectivity index is 1.56. The Hall–Kier alpha value is -1.70. The van der Waals surface area contributed by atoms with Gasteiger partial charge in [0.15, 0.2) is 5.11 Å². The van der Waals surface area contributed by atoms with Crippen LogP contribution in [0.2, 0.25) is 0 Å². The highest BCUT2D eigenvalue weighted by atomic mass is 32.2. The SMILES string of the molecule is FC(F)Sc1ccc(NC(=S)NC[C@@H](c2ccccc2)[NH+]2CCCC2)cc1. The number of benzene rings is 2. The summed E-state index contributed by atoms with van der Waals surface area (Å²) in [6, 6.07) is 17.8. The Labute approximate surface area is 168 Å². The highest BCUT2D eigenvalue weighted by Crippen LogP contribution is 2.26. The van der Waals surface area contributed by atoms with Gasteiger partial charge in [0.2, 0.25) is 0 Å². The van der Waals surface area contributed by atoms with Crippen molar-refractivity contribution >= 4 is 34.8 Å². The number of likely N-dealkylation sites (tertiary alicyclic amines) is 1. The van der Waals surface area contributed by atoms with E-state index in [1.54, 1.807) is 29.2 Å². The van der Waals surface area contributed by atoms with Gasteiger partial charge in [0, 0.05) is 29.0 Å². The third kappa shape index (κ3) is 6.16. The van der Waals surface area contributed by atoms with Crippen LogP contribution in [0.5, 0.6) is 0 Å². The van der Waals surface area contributed by atoms with Crippen LogP contribution < -0.4 is 15.5 Å². The Morgan fingerprint density at radius 1 is 1.04 bits per heavy atom. The summed E-state index contributed by atoms with van der Waals surface area (Å²) in [6.45, 7) is 3.12. The molecule has 1 fully saturated rings. The second kappa shape index (κ2) is 10.0. The van der Waals surface area contributed by atoms with Crippen LogP contribution in [-0.2, 0) is 0 Å². The molecule has 0 aromatic heterocycles. The van der Waals surface area contributed by atoms with Crippen LogP contribution in [0, 0.1) is 0 Å². The smallest absolute Gasteiger partial charge is 0.288 e. The third-order valence-corrected chi connectivity index (χ3v) is 5.71. The summed E-state index contributed by atoms with van der Waals surface area (Å²) in [5.74, 6) is -2.41. The molecule has 2 aromatic carbocycles. The van der Waals surface area contributed by atoms with E-state index < -0.39 is 5.76 Å². The van der Waals surface area contributed by atoms with Crippen molar-refractivity contribution in [3.05, 3.63) is 60.2 Å². The first kappa shape index (κ1) is 20.0. The number of anilines is 1. The van der Waals surface area contributed by atoms with Gasteiger partial charge in [-0.25, -0.2) is 0 Å². The molecule has 1 aliphatic rings. The first-order chi connectivity index (χ1) is 13.1. The van der Waals surface area contributed by atoms with Crippen LogP contribution in [0.25, 0.3) is 0 Å². The van der Waals surface area contributed by atoms with Crippen molar-refractivity contribution in [2.45, 2.75) is 29.5 Å². The molecule has 7 heteroatoms. The van der Waals surface area contributed by atoms with Crippen molar-refractivity contribution in [2.75, 3.05) is 25.0 Å². The quantitative estimate of drug-likeness (QED) is 0.481. The maximum absolute atomic E-state index is 12.4. The lowest BCUT2D eigenvalue weighted by molar-refractivity contribution is -0.918. The summed E-state index contributed by atoms with van der Waals surface area (Å²) in [5.41, 5.74) is 2.11. The molecule has 1 saturated heterocycles. The normalized spacial score (nSPS) is 15.7. The summed E-state index contributed by atoms with van der Waals surface area (Å²) in [7, 11) is 0. The zero-order valence-electron chi connectivity index (χ0n) is 15.0. The van der Waals surface area contributed by atoms with Gasteiger partial charge in [0.05, 0.1) is 19.6 Å². The number of thioether (sulfide) groups is 1. The molecule has 2 aromatic rings. The van der Waals surface area contributed by atoms with E-state index in [-0.39, 0.29) is 0 Å². The van der Waals surface area contributed by atoms with Crippen LogP contribution in [0.15, 0.2) is 59.5 Å². The molecule has 1 atom stereocenters. The summed E-state index contributed by atoms with van der Waals surface area (Å²) in [5, 5.41) is 7.01. The Kier molecular flexibility index (Phi) is 7.43. The number of hydrogen-bond acceptors (Lipinski definition) is 2. The molecular weight excluding hydrogens is 384 g/mol. The molecule has 3 rings (SSSR count). The van der Waals surface area contributed by atoms with E-state index in [0.29, 0.717) is 27.8 Å². The van der Waals surface area contributed by atoms with Crippen molar-refractivity contribution in [1.82, 2.24) is 5.32 Å². The second-order valence-corrected chi connectivity index (χ2v) is 8.04. The topological polar surface area (TPSA) is 28.5 Å². The van der Waals surface area contributed by atoms with Crippen molar-refractivity contribution in [2.24, 2.45) is 0 Å². The van der Waals surface area contributed by atoms with Gasteiger partial charge in [-0.15, -0.1) is 0 Å². The Morgan fingerprint density at radius 3 is 2.33 bits per heavy atom. The van der Waals surface area contributed by atoms with Crippen LogP contribution >= 0.6 is 24.0 Å². The van der Waals surface area contributed by atoms with E-state index in [1.165, 1.54) is 31.5 Å². The highest BCUT2D eigenvalue weighted by molar-refractivity contribution is 7.99. The monoisotopic (exact) mass is 408 g/mol. The largest absolute Gasteiger partial charge is 0.356 e. The maximum Gasteiger partial charge on any atom is 0.288 e. The number of thiocarbonyl (C=S) groups is 1. The van der Waals surface area contributed by atoms with Crippen molar-refractivity contribution in [1.29, 1.82) is 0 Å². The lowest BCUT2D eigenvalue weighted by atomic mass is 10.1. The first-order valence-corrected chi connectivity index (χ1v) is 10.4. The van der Waals surface area contributed by atoms with Gasteiger partial charge in [-0.3, -0.25) is 0 Å². The molecule has 0 aliphatic carbocycles. The molecule has 1 heterocycles. The number of halogens is 2. The summed E-state index contributed by atoms with van der Waals surface area (Å²) in [4.78, 5) is 2.13. The third-order valence-electron chi connectivity index (χ3n) is 4.74. The number of nitrogens with one attached hydrogen (secondary N) is 3. The molecule has 0 radical (unpaired) electrons. The average molecular weight is 409 g/mol. The van der Waals surface area contributed by atoms with Gasteiger partial charge in [-0.05, 0) is 36.5 Å². The minimum atomic E-state index is -2.41. The van der Waals surface area contributed by atoms with Crippen LogP contribution in [0.4, 0.5) is 14.5 Å². The molecule has 27 heavy (non-hydrogen) atoms. The minimum absolute atomic E-state index is 0.360. The van der Waals surface area contributed by atoms with Gasteiger partial charge in [-0.2, -0.15) is 8.78 Å². The fraction of sp³-hybridized carbons (Fsp3) is 0.350. The van der Waals surface area contributed by atoms with Crippen LogP contribution in [0.3, 0.4) is 0 Å². The highest BCUT2D eigenvalue weighted by Gasteiger charge is 2.27. The molecular formula is C20H24F2N3S2+. The predicted octanol–water partition coefficient (Wildman–Crippen LogP) is 3.71. The summed E-state index contributed by atoms with van der Waals surface area (Å²) in [6.07, 6.45) is 2.54. The van der Waals surface area contributed by atoms with E-state index in [1.807, 2.05) is 6.07 Å². The van der Waals surface area contributed by atoms with Gasteiger partial charge in [0.25, 0.3) is 5.76 Å². The second-order valence-electron chi connectivity index (χ2n) is 6.57. The lowest BCUT2D eigenvalue weighted by Gasteiger charge is -2.26. The van der Waals surface area contributed by atoms with E-state index in [0.717, 1.165) is 12.2 Å². The van der Waals surface area contributed by atoms with Crippen molar-refractivity contribution in [3.63, 3.8) is 0 Å². The Bertz CT molecular complexity index is 720. The van der Waals surface area contributed by atoms with Gasteiger partial charge >= 0.3 is 0 Å². The molecule has 0 bridgehead atoms. The van der Waals surface area contributed by atoms with E-state index in [9.17, 15) is 8.78 Å². The standard InChI is InChI=1S/C20H23F2N3S2/c21-19(22)27-17-10-8-16(9-11-17)24-20(26)23-14-18(25-12-4-5-13-25)15-6-2-1-3-7-15/h1-3,6-11,18-19H,4-5,12-14H2,(H2,23,24,26)/p+1/t18-/m0/s1. The molecule has 0 unspecified atom stereocenters. The van der Waals surface area contributed by atoms with Crippen molar-refractivity contribution in [3.8, 4) is 0 Å². The molecule has 3 N–H and O–H groups in total. The molecule has 144 valence electrons. The van der Waals surface area contributed by atoms with Gasteiger partial charge in [-0.1, -0.05) is 42.1 Å². The molecule has 0 amide bonds.